The van der Waals surface area contributed by atoms with Crippen molar-refractivity contribution in [3.8, 4) is 11.3 Å². The summed E-state index contributed by atoms with van der Waals surface area (Å²) in [5.41, 5.74) is 4.83. The molecule has 2 atom stereocenters. The quantitative estimate of drug-likeness (QED) is 0.186. The largest absolute Gasteiger partial charge is 0.422 e. The van der Waals surface area contributed by atoms with Crippen LogP contribution in [0.4, 0.5) is 13.9 Å². The first-order valence-corrected chi connectivity index (χ1v) is 14.9. The van der Waals surface area contributed by atoms with E-state index in [0.29, 0.717) is 22.0 Å². The third-order valence-electron chi connectivity index (χ3n) is 7.58. The molecule has 2 aliphatic rings. The van der Waals surface area contributed by atoms with Crippen LogP contribution in [-0.2, 0) is 0 Å². The minimum absolute atomic E-state index is 0.0661. The predicted octanol–water partition coefficient (Wildman–Crippen LogP) is 8.76. The number of hydrogen-bond donors (Lipinski definition) is 0. The van der Waals surface area contributed by atoms with Gasteiger partial charge < -0.3 is 4.42 Å². The maximum atomic E-state index is 13.9. The molecule has 1 saturated carbocycles. The van der Waals surface area contributed by atoms with Crippen molar-refractivity contribution < 1.29 is 13.2 Å². The Labute approximate surface area is 246 Å². The van der Waals surface area contributed by atoms with Crippen LogP contribution in [0.2, 0.25) is 0 Å². The fraction of sp³-hybridized carbons (Fsp3) is 0.156. The molecule has 7 rings (SSSR count). The number of rotatable bonds is 4. The van der Waals surface area contributed by atoms with Crippen LogP contribution in [0.3, 0.4) is 0 Å². The summed E-state index contributed by atoms with van der Waals surface area (Å²) in [6.45, 7) is 0. The lowest BCUT2D eigenvalue weighted by Gasteiger charge is -2.29. The Hall–Kier alpha value is -3.95. The third kappa shape index (κ3) is 4.93. The molecule has 5 nitrogen and oxygen atoms in total. The molecule has 1 aliphatic heterocycles. The van der Waals surface area contributed by atoms with Crippen LogP contribution in [0.15, 0.2) is 103 Å². The van der Waals surface area contributed by atoms with Crippen molar-refractivity contribution in [3.05, 3.63) is 121 Å². The van der Waals surface area contributed by atoms with E-state index in [-0.39, 0.29) is 23.6 Å². The van der Waals surface area contributed by atoms with Crippen molar-refractivity contribution in [1.29, 1.82) is 0 Å². The second-order valence-corrected chi connectivity index (χ2v) is 11.9. The minimum Gasteiger partial charge on any atom is -0.422 e. The van der Waals surface area contributed by atoms with E-state index in [4.69, 9.17) is 14.5 Å². The molecular weight excluding hydrogens is 608 g/mol. The molecule has 204 valence electrons. The number of benzene rings is 3. The van der Waals surface area contributed by atoms with Gasteiger partial charge in [-0.3, -0.25) is 0 Å². The highest BCUT2D eigenvalue weighted by atomic mass is 79.9. The van der Waals surface area contributed by atoms with Crippen LogP contribution >= 0.6 is 27.3 Å². The summed E-state index contributed by atoms with van der Waals surface area (Å²) in [5, 5.41) is 10.3. The van der Waals surface area contributed by atoms with Gasteiger partial charge in [-0.25, -0.2) is 23.6 Å². The number of allylic oxidation sites excluding steroid dienone is 1. The lowest BCUT2D eigenvalue weighted by atomic mass is 9.77. The van der Waals surface area contributed by atoms with E-state index in [9.17, 15) is 13.6 Å². The number of fused-ring (bicyclic) bond motifs is 2. The Bertz CT molecular complexity index is 1900. The smallest absolute Gasteiger partial charge is 0.345 e. The van der Waals surface area contributed by atoms with Crippen LogP contribution in [0.1, 0.15) is 36.4 Å². The van der Waals surface area contributed by atoms with E-state index in [1.54, 1.807) is 36.4 Å². The molecule has 3 heterocycles. The van der Waals surface area contributed by atoms with Crippen molar-refractivity contribution in [1.82, 2.24) is 4.98 Å². The normalized spacial score (nSPS) is 19.5. The van der Waals surface area contributed by atoms with E-state index in [1.807, 2.05) is 22.5 Å². The van der Waals surface area contributed by atoms with E-state index in [0.717, 1.165) is 51.5 Å². The van der Waals surface area contributed by atoms with Gasteiger partial charge in [0.15, 0.2) is 0 Å². The molecule has 9 heteroatoms. The molecule has 2 aromatic heterocycles. The number of anilines is 1. The van der Waals surface area contributed by atoms with Crippen molar-refractivity contribution >= 4 is 55.2 Å². The first kappa shape index (κ1) is 26.0. The average molecular weight is 631 g/mol. The van der Waals surface area contributed by atoms with Gasteiger partial charge in [-0.2, -0.15) is 5.10 Å². The number of thiazole rings is 1. The van der Waals surface area contributed by atoms with Crippen molar-refractivity contribution in [2.75, 3.05) is 5.01 Å². The molecule has 1 aliphatic carbocycles. The summed E-state index contributed by atoms with van der Waals surface area (Å²) in [5.74, 6) is -0.510. The fourth-order valence-electron chi connectivity index (χ4n) is 5.68. The summed E-state index contributed by atoms with van der Waals surface area (Å²) in [6, 6.07) is 20.0. The SMILES string of the molecule is O=c1oc2ccc(Br)cc2cc1-c1csc(N2N=C3/C(=C\c4ccc(F)cc4)CCC[C@@H]3[C@@H]2c2ccc(F)cc2)n1. The van der Waals surface area contributed by atoms with E-state index < -0.39 is 5.63 Å². The monoisotopic (exact) mass is 629 g/mol. The summed E-state index contributed by atoms with van der Waals surface area (Å²) >= 11 is 4.87. The molecule has 0 N–H and O–H groups in total. The molecule has 3 aromatic carbocycles. The molecule has 0 bridgehead atoms. The van der Waals surface area contributed by atoms with Crippen LogP contribution in [0.25, 0.3) is 28.3 Å². The zero-order chi connectivity index (χ0) is 28.1. The van der Waals surface area contributed by atoms with Gasteiger partial charge in [0.25, 0.3) is 0 Å². The van der Waals surface area contributed by atoms with Gasteiger partial charge in [0, 0.05) is 21.2 Å². The Kier molecular flexibility index (Phi) is 6.63. The lowest BCUT2D eigenvalue weighted by Crippen LogP contribution is -2.28. The van der Waals surface area contributed by atoms with Crippen molar-refractivity contribution in [3.63, 3.8) is 0 Å². The Balaban J connectivity index is 1.31. The van der Waals surface area contributed by atoms with Crippen LogP contribution in [0, 0.1) is 17.6 Å². The molecule has 0 radical (unpaired) electrons. The van der Waals surface area contributed by atoms with E-state index in [1.165, 1.54) is 35.6 Å². The molecule has 0 unspecified atom stereocenters. The molecule has 1 fully saturated rings. The highest BCUT2D eigenvalue weighted by Gasteiger charge is 2.43. The predicted molar refractivity (Wildman–Crippen MR) is 162 cm³/mol. The number of hydrazone groups is 1. The topological polar surface area (TPSA) is 58.7 Å². The zero-order valence-corrected chi connectivity index (χ0v) is 24.0. The van der Waals surface area contributed by atoms with Gasteiger partial charge in [0.1, 0.15) is 17.2 Å². The standard InChI is InChI=1S/C32H22BrF2N3O2S/c33-22-8-13-28-21(15-22)16-26(31(39)40-28)27-17-41-32(36-27)38-30(19-6-11-24(35)12-7-19)25-3-1-2-20(29(25)37-38)14-18-4-9-23(34)10-5-18/h4-17,25,30H,1-3H2/b20-14-/t25-,30-/m0/s1. The number of aromatic nitrogens is 1. The molecule has 0 saturated heterocycles. The van der Waals surface area contributed by atoms with Gasteiger partial charge in [0.2, 0.25) is 5.13 Å². The molecule has 0 spiro atoms. The minimum atomic E-state index is -0.460. The summed E-state index contributed by atoms with van der Waals surface area (Å²) < 4.78 is 33.9. The lowest BCUT2D eigenvalue weighted by molar-refractivity contribution is 0.486. The third-order valence-corrected chi connectivity index (χ3v) is 8.91. The van der Waals surface area contributed by atoms with Gasteiger partial charge in [-0.1, -0.05) is 40.2 Å². The highest BCUT2D eigenvalue weighted by molar-refractivity contribution is 9.10. The van der Waals surface area contributed by atoms with Gasteiger partial charge >= 0.3 is 5.63 Å². The number of nitrogens with zero attached hydrogens (tertiary/aromatic N) is 3. The summed E-state index contributed by atoms with van der Waals surface area (Å²) in [7, 11) is 0. The fourth-order valence-corrected chi connectivity index (χ4v) is 6.87. The van der Waals surface area contributed by atoms with Gasteiger partial charge in [-0.05, 0) is 90.6 Å². The number of halogens is 3. The molecule has 41 heavy (non-hydrogen) atoms. The average Bonchev–Trinajstić information content (AvgIpc) is 3.61. The van der Waals surface area contributed by atoms with Crippen LogP contribution < -0.4 is 10.6 Å². The van der Waals surface area contributed by atoms with E-state index in [2.05, 4.69) is 22.0 Å². The molecule has 0 amide bonds. The molecular formula is C32H22BrF2N3O2S. The second kappa shape index (κ2) is 10.5. The summed E-state index contributed by atoms with van der Waals surface area (Å²) in [4.78, 5) is 17.7. The molecule has 5 aromatic rings. The maximum Gasteiger partial charge on any atom is 0.345 e. The van der Waals surface area contributed by atoms with Gasteiger partial charge in [-0.15, -0.1) is 11.3 Å². The van der Waals surface area contributed by atoms with Crippen LogP contribution in [0.5, 0.6) is 0 Å². The first-order chi connectivity index (χ1) is 19.9. The highest BCUT2D eigenvalue weighted by Crippen LogP contribution is 2.47. The Morgan fingerprint density at radius 2 is 1.76 bits per heavy atom. The Morgan fingerprint density at radius 3 is 2.54 bits per heavy atom. The maximum absolute atomic E-state index is 13.9. The van der Waals surface area contributed by atoms with Crippen molar-refractivity contribution in [2.24, 2.45) is 11.0 Å². The van der Waals surface area contributed by atoms with Crippen LogP contribution in [-0.4, -0.2) is 10.7 Å². The zero-order valence-electron chi connectivity index (χ0n) is 21.6. The number of hydrogen-bond acceptors (Lipinski definition) is 6. The first-order valence-electron chi connectivity index (χ1n) is 13.2. The van der Waals surface area contributed by atoms with Gasteiger partial charge in [0.05, 0.1) is 23.0 Å². The van der Waals surface area contributed by atoms with Crippen molar-refractivity contribution in [2.45, 2.75) is 25.3 Å². The second-order valence-electron chi connectivity index (χ2n) is 10.2. The summed E-state index contributed by atoms with van der Waals surface area (Å²) in [6.07, 6.45) is 4.81. The van der Waals surface area contributed by atoms with E-state index >= 15 is 0 Å². The Morgan fingerprint density at radius 1 is 1.00 bits per heavy atom.